The highest BCUT2D eigenvalue weighted by atomic mass is 32.2. The molecule has 2 rings (SSSR count). The average Bonchev–Trinajstić information content (AvgIpc) is 2.70. The number of carboxylic acids is 1. The van der Waals surface area contributed by atoms with Crippen molar-refractivity contribution in [3.8, 4) is 0 Å². The Kier molecular flexibility index (Phi) is 4.55. The molecule has 8 nitrogen and oxygen atoms in total. The van der Waals surface area contributed by atoms with Gasteiger partial charge in [-0.25, -0.2) is 21.6 Å². The maximum absolute atomic E-state index is 12.7. The lowest BCUT2D eigenvalue weighted by Crippen LogP contribution is -2.44. The maximum Gasteiger partial charge on any atom is 0.335 e. The number of sulfone groups is 1. The summed E-state index contributed by atoms with van der Waals surface area (Å²) in [4.78, 5) is 10.8. The molecule has 0 saturated carbocycles. The number of aryl methyl sites for hydroxylation is 1. The number of benzene rings is 1. The van der Waals surface area contributed by atoms with E-state index in [4.69, 9.17) is 5.11 Å². The van der Waals surface area contributed by atoms with Crippen LogP contribution < -0.4 is 0 Å². The van der Waals surface area contributed by atoms with Crippen LogP contribution in [0.2, 0.25) is 0 Å². The van der Waals surface area contributed by atoms with Crippen LogP contribution in [-0.2, 0) is 19.9 Å². The number of aliphatic hydroxyl groups is 1. The van der Waals surface area contributed by atoms with Gasteiger partial charge in [0.2, 0.25) is 10.0 Å². The zero-order valence-electron chi connectivity index (χ0n) is 12.5. The van der Waals surface area contributed by atoms with Crippen molar-refractivity contribution in [1.29, 1.82) is 0 Å². The van der Waals surface area contributed by atoms with Crippen molar-refractivity contribution in [1.82, 2.24) is 4.31 Å². The van der Waals surface area contributed by atoms with Crippen molar-refractivity contribution in [3.05, 3.63) is 29.3 Å². The number of hydrogen-bond acceptors (Lipinski definition) is 6. The van der Waals surface area contributed by atoms with Crippen LogP contribution in [0.15, 0.2) is 23.1 Å². The molecule has 0 spiro atoms. The number of rotatable bonds is 4. The Balaban J connectivity index is 2.46. The van der Waals surface area contributed by atoms with Crippen LogP contribution in [-0.4, -0.2) is 68.0 Å². The van der Waals surface area contributed by atoms with Crippen molar-refractivity contribution in [2.24, 2.45) is 0 Å². The van der Waals surface area contributed by atoms with Crippen molar-refractivity contribution in [3.63, 3.8) is 0 Å². The summed E-state index contributed by atoms with van der Waals surface area (Å²) in [6.45, 7) is 1.51. The summed E-state index contributed by atoms with van der Waals surface area (Å²) < 4.78 is 49.3. The van der Waals surface area contributed by atoms with Gasteiger partial charge in [-0.3, -0.25) is 0 Å². The summed E-state index contributed by atoms with van der Waals surface area (Å²) >= 11 is 0. The van der Waals surface area contributed by atoms with Gasteiger partial charge in [0, 0.05) is 7.05 Å². The molecule has 0 amide bonds. The van der Waals surface area contributed by atoms with E-state index in [0.29, 0.717) is 5.56 Å². The van der Waals surface area contributed by atoms with Crippen molar-refractivity contribution >= 4 is 25.8 Å². The number of sulfonamides is 1. The van der Waals surface area contributed by atoms with E-state index >= 15 is 0 Å². The SMILES string of the molecule is Cc1ccc(C(=O)O)cc1S(=O)(=O)N(C)[C@@H]1CS(=O)(=O)C[C@@H]1O. The van der Waals surface area contributed by atoms with Crippen LogP contribution in [0.4, 0.5) is 0 Å². The third kappa shape index (κ3) is 3.39. The highest BCUT2D eigenvalue weighted by molar-refractivity contribution is 7.92. The first-order chi connectivity index (χ1) is 10.5. The smallest absolute Gasteiger partial charge is 0.335 e. The average molecular weight is 363 g/mol. The van der Waals surface area contributed by atoms with Gasteiger partial charge in [0.25, 0.3) is 0 Å². The van der Waals surface area contributed by atoms with E-state index in [2.05, 4.69) is 0 Å². The molecule has 0 unspecified atom stereocenters. The zero-order valence-corrected chi connectivity index (χ0v) is 14.1. The molecule has 0 aliphatic carbocycles. The third-order valence-electron chi connectivity index (χ3n) is 3.85. The first-order valence-corrected chi connectivity index (χ1v) is 9.92. The Morgan fingerprint density at radius 3 is 2.39 bits per heavy atom. The van der Waals surface area contributed by atoms with Gasteiger partial charge >= 0.3 is 5.97 Å². The lowest BCUT2D eigenvalue weighted by atomic mass is 10.1. The summed E-state index contributed by atoms with van der Waals surface area (Å²) in [6, 6.07) is 2.58. The predicted octanol–water partition coefficient (Wildman–Crippen LogP) is -0.528. The fraction of sp³-hybridized carbons (Fsp3) is 0.462. The molecule has 0 bridgehead atoms. The first-order valence-electron chi connectivity index (χ1n) is 6.66. The van der Waals surface area contributed by atoms with E-state index in [1.165, 1.54) is 26.1 Å². The number of carboxylic acid groups (broad SMARTS) is 1. The maximum atomic E-state index is 12.7. The Labute approximate surface area is 134 Å². The second kappa shape index (κ2) is 5.86. The number of hydrogen-bond donors (Lipinski definition) is 2. The standard InChI is InChI=1S/C13H17NO7S2/c1-8-3-4-9(13(16)17)5-12(8)23(20,21)14(2)10-6-22(18,19)7-11(10)15/h3-5,10-11,15H,6-7H2,1-2H3,(H,16,17)/t10-,11+/m1/s1. The van der Waals surface area contributed by atoms with Gasteiger partial charge in [0.1, 0.15) is 0 Å². The molecule has 1 saturated heterocycles. The van der Waals surface area contributed by atoms with E-state index in [-0.39, 0.29) is 10.5 Å². The molecule has 1 aliphatic rings. The van der Waals surface area contributed by atoms with Gasteiger partial charge in [-0.1, -0.05) is 6.07 Å². The summed E-state index contributed by atoms with van der Waals surface area (Å²) in [6.07, 6.45) is -1.32. The first kappa shape index (κ1) is 17.9. The monoisotopic (exact) mass is 363 g/mol. The fourth-order valence-corrected chi connectivity index (χ4v) is 6.07. The normalized spacial score (nSPS) is 24.0. The van der Waals surface area contributed by atoms with Crippen molar-refractivity contribution < 1.29 is 31.8 Å². The number of likely N-dealkylation sites (N-methyl/N-ethyl adjacent to an activating group) is 1. The summed E-state index contributed by atoms with van der Waals surface area (Å²) in [5.74, 6) is -2.24. The zero-order chi connectivity index (χ0) is 17.6. The van der Waals surface area contributed by atoms with Crippen molar-refractivity contribution in [2.45, 2.75) is 24.0 Å². The summed E-state index contributed by atoms with van der Waals surface area (Å²) in [7, 11) is -6.48. The number of carbonyl (C=O) groups is 1. The molecule has 128 valence electrons. The topological polar surface area (TPSA) is 129 Å². The molecule has 1 fully saturated rings. The minimum absolute atomic E-state index is 0.192. The minimum atomic E-state index is -4.15. The molecule has 1 aromatic carbocycles. The second-order valence-corrected chi connectivity index (χ2v) is 9.64. The Bertz CT molecular complexity index is 845. The Morgan fingerprint density at radius 2 is 1.91 bits per heavy atom. The highest BCUT2D eigenvalue weighted by Crippen LogP contribution is 2.26. The van der Waals surface area contributed by atoms with Crippen LogP contribution in [0, 0.1) is 6.92 Å². The van der Waals surface area contributed by atoms with E-state index in [1.807, 2.05) is 0 Å². The van der Waals surface area contributed by atoms with Gasteiger partial charge < -0.3 is 10.2 Å². The molecule has 0 radical (unpaired) electrons. The van der Waals surface area contributed by atoms with E-state index in [9.17, 15) is 26.7 Å². The lowest BCUT2D eigenvalue weighted by molar-refractivity contribution is 0.0696. The Hall–Kier alpha value is -1.49. The largest absolute Gasteiger partial charge is 0.478 e. The van der Waals surface area contributed by atoms with Crippen LogP contribution in [0.25, 0.3) is 0 Å². The van der Waals surface area contributed by atoms with Crippen molar-refractivity contribution in [2.75, 3.05) is 18.6 Å². The minimum Gasteiger partial charge on any atom is -0.478 e. The molecule has 2 N–H and O–H groups in total. The summed E-state index contributed by atoms with van der Waals surface area (Å²) in [5, 5.41) is 18.8. The van der Waals surface area contributed by atoms with Gasteiger partial charge in [-0.15, -0.1) is 0 Å². The van der Waals surface area contributed by atoms with Gasteiger partial charge in [0.05, 0.1) is 34.1 Å². The molecular formula is C13H17NO7S2. The quantitative estimate of drug-likeness (QED) is 0.736. The van der Waals surface area contributed by atoms with Crippen LogP contribution in [0.3, 0.4) is 0 Å². The van der Waals surface area contributed by atoms with Crippen LogP contribution in [0.1, 0.15) is 15.9 Å². The molecular weight excluding hydrogens is 346 g/mol. The number of aliphatic hydroxyl groups excluding tert-OH is 1. The molecule has 0 aromatic heterocycles. The lowest BCUT2D eigenvalue weighted by Gasteiger charge is -2.26. The molecule has 1 aliphatic heterocycles. The Morgan fingerprint density at radius 1 is 1.30 bits per heavy atom. The predicted molar refractivity (Wildman–Crippen MR) is 81.5 cm³/mol. The third-order valence-corrected chi connectivity index (χ3v) is 7.58. The summed E-state index contributed by atoms with van der Waals surface area (Å²) in [5.41, 5.74) is 0.138. The number of aromatic carboxylic acids is 1. The van der Waals surface area contributed by atoms with E-state index < -0.39 is 49.5 Å². The van der Waals surface area contributed by atoms with Gasteiger partial charge in [-0.05, 0) is 24.6 Å². The van der Waals surface area contributed by atoms with Crippen LogP contribution in [0.5, 0.6) is 0 Å². The molecule has 2 atom stereocenters. The molecule has 23 heavy (non-hydrogen) atoms. The van der Waals surface area contributed by atoms with E-state index in [0.717, 1.165) is 10.4 Å². The van der Waals surface area contributed by atoms with E-state index in [1.54, 1.807) is 0 Å². The van der Waals surface area contributed by atoms with Gasteiger partial charge in [-0.2, -0.15) is 4.31 Å². The van der Waals surface area contributed by atoms with Crippen LogP contribution >= 0.6 is 0 Å². The number of nitrogens with zero attached hydrogens (tertiary/aromatic N) is 1. The van der Waals surface area contributed by atoms with Gasteiger partial charge in [0.15, 0.2) is 9.84 Å². The molecule has 1 heterocycles. The highest BCUT2D eigenvalue weighted by Gasteiger charge is 2.43. The molecule has 10 heteroatoms. The second-order valence-electron chi connectivity index (χ2n) is 5.52. The molecule has 1 aromatic rings. The fourth-order valence-electron chi connectivity index (χ4n) is 2.50.